The van der Waals surface area contributed by atoms with Crippen molar-refractivity contribution in [2.24, 2.45) is 0 Å². The minimum absolute atomic E-state index is 1.03. The highest BCUT2D eigenvalue weighted by atomic mass is 32.2. The molecule has 1 aromatic heterocycles. The first-order valence-electron chi connectivity index (χ1n) is 6.64. The summed E-state index contributed by atoms with van der Waals surface area (Å²) >= 11 is 3.70. The lowest BCUT2D eigenvalue weighted by Crippen LogP contribution is -2.02. The van der Waals surface area contributed by atoms with Gasteiger partial charge in [0, 0.05) is 23.2 Å². The van der Waals surface area contributed by atoms with E-state index < -0.39 is 0 Å². The lowest BCUT2D eigenvalue weighted by atomic mass is 10.1. The van der Waals surface area contributed by atoms with Crippen LogP contribution in [0.15, 0.2) is 29.6 Å². The first-order chi connectivity index (χ1) is 9.29. The Morgan fingerprint density at radius 1 is 1.37 bits per heavy atom. The lowest BCUT2D eigenvalue weighted by molar-refractivity contribution is 0.992. The molecule has 0 saturated heterocycles. The maximum Gasteiger partial charge on any atom is 0.0901 e. The molecule has 0 bridgehead atoms. The molecule has 0 radical (unpaired) electrons. The molecule has 2 aromatic rings. The van der Waals surface area contributed by atoms with E-state index in [0.29, 0.717) is 0 Å². The van der Waals surface area contributed by atoms with E-state index in [4.69, 9.17) is 0 Å². The van der Waals surface area contributed by atoms with Crippen molar-refractivity contribution in [3.8, 4) is 11.3 Å². The van der Waals surface area contributed by atoms with Crippen LogP contribution in [0.1, 0.15) is 18.4 Å². The van der Waals surface area contributed by atoms with Gasteiger partial charge in [0.15, 0.2) is 0 Å². The summed E-state index contributed by atoms with van der Waals surface area (Å²) < 4.78 is 0. The Labute approximate surface area is 123 Å². The van der Waals surface area contributed by atoms with Crippen molar-refractivity contribution >= 4 is 28.8 Å². The van der Waals surface area contributed by atoms with E-state index in [1.807, 2.05) is 18.7 Å². The first-order valence-corrected chi connectivity index (χ1v) is 8.67. The largest absolute Gasteiger partial charge is 0.385 e. The van der Waals surface area contributed by atoms with Crippen LogP contribution in [0.4, 0.5) is 5.69 Å². The normalized spacial score (nSPS) is 10.6. The highest BCUT2D eigenvalue weighted by Crippen LogP contribution is 2.24. The molecule has 4 heteroatoms. The number of nitrogens with zero attached hydrogens (tertiary/aromatic N) is 1. The van der Waals surface area contributed by atoms with Gasteiger partial charge in [0.2, 0.25) is 0 Å². The van der Waals surface area contributed by atoms with Crippen LogP contribution in [0.3, 0.4) is 0 Å². The van der Waals surface area contributed by atoms with Crippen LogP contribution in [0.25, 0.3) is 11.3 Å². The van der Waals surface area contributed by atoms with E-state index >= 15 is 0 Å². The molecule has 0 unspecified atom stereocenters. The quantitative estimate of drug-likeness (QED) is 0.750. The molecular formula is C15H20N2S2. The fourth-order valence-corrected chi connectivity index (χ4v) is 3.09. The molecule has 2 rings (SSSR count). The predicted octanol–water partition coefficient (Wildman–Crippen LogP) is 4.67. The minimum atomic E-state index is 1.03. The SMILES string of the molecule is CCSCCCNc1cccc(-c2csc(C)n2)c1. The lowest BCUT2D eigenvalue weighted by Gasteiger charge is -2.07. The Kier molecular flexibility index (Phi) is 5.73. The summed E-state index contributed by atoms with van der Waals surface area (Å²) in [6, 6.07) is 8.51. The molecule has 1 aromatic carbocycles. The number of hydrogen-bond acceptors (Lipinski definition) is 4. The molecule has 0 fully saturated rings. The van der Waals surface area contributed by atoms with Crippen LogP contribution in [0, 0.1) is 6.92 Å². The van der Waals surface area contributed by atoms with E-state index in [2.05, 4.69) is 46.9 Å². The van der Waals surface area contributed by atoms with Crippen molar-refractivity contribution in [3.63, 3.8) is 0 Å². The summed E-state index contributed by atoms with van der Waals surface area (Å²) in [7, 11) is 0. The number of aromatic nitrogens is 1. The van der Waals surface area contributed by atoms with Crippen molar-refractivity contribution in [2.75, 3.05) is 23.4 Å². The van der Waals surface area contributed by atoms with Crippen LogP contribution in [-0.2, 0) is 0 Å². The van der Waals surface area contributed by atoms with Crippen molar-refractivity contribution in [1.82, 2.24) is 4.98 Å². The van der Waals surface area contributed by atoms with Gasteiger partial charge in [-0.3, -0.25) is 0 Å². The molecule has 0 atom stereocenters. The van der Waals surface area contributed by atoms with Gasteiger partial charge in [-0.1, -0.05) is 19.1 Å². The fourth-order valence-electron chi connectivity index (χ4n) is 1.84. The maximum atomic E-state index is 4.53. The second-order valence-electron chi connectivity index (χ2n) is 4.31. The number of thiazole rings is 1. The molecule has 0 aliphatic heterocycles. The average Bonchev–Trinajstić information content (AvgIpc) is 2.86. The number of rotatable bonds is 7. The van der Waals surface area contributed by atoms with Crippen LogP contribution in [-0.4, -0.2) is 23.0 Å². The predicted molar refractivity (Wildman–Crippen MR) is 88.4 cm³/mol. The molecule has 0 aliphatic rings. The Morgan fingerprint density at radius 3 is 3.00 bits per heavy atom. The van der Waals surface area contributed by atoms with Gasteiger partial charge < -0.3 is 5.32 Å². The molecule has 1 N–H and O–H groups in total. The number of nitrogens with one attached hydrogen (secondary N) is 1. The van der Waals surface area contributed by atoms with E-state index in [9.17, 15) is 0 Å². The standard InChI is InChI=1S/C15H20N2S2/c1-3-18-9-5-8-16-14-7-4-6-13(10-14)15-11-19-12(2)17-15/h4,6-7,10-11,16H,3,5,8-9H2,1-2H3. The molecular weight excluding hydrogens is 272 g/mol. The van der Waals surface area contributed by atoms with Crippen molar-refractivity contribution < 1.29 is 0 Å². The third-order valence-electron chi connectivity index (χ3n) is 2.78. The third-order valence-corrected chi connectivity index (χ3v) is 4.54. The number of thioether (sulfide) groups is 1. The monoisotopic (exact) mass is 292 g/mol. The van der Waals surface area contributed by atoms with Gasteiger partial charge in [-0.15, -0.1) is 11.3 Å². The van der Waals surface area contributed by atoms with Crippen LogP contribution in [0.5, 0.6) is 0 Å². The molecule has 0 amide bonds. The molecule has 0 saturated carbocycles. The summed E-state index contributed by atoms with van der Waals surface area (Å²) in [5, 5.41) is 6.72. The zero-order chi connectivity index (χ0) is 13.5. The maximum absolute atomic E-state index is 4.53. The first kappa shape index (κ1) is 14.4. The second kappa shape index (κ2) is 7.56. The van der Waals surface area contributed by atoms with Crippen molar-refractivity contribution in [3.05, 3.63) is 34.7 Å². The number of hydrogen-bond donors (Lipinski definition) is 1. The van der Waals surface area contributed by atoms with Crippen LogP contribution < -0.4 is 5.32 Å². The summed E-state index contributed by atoms with van der Waals surface area (Å²) in [6.45, 7) is 5.28. The summed E-state index contributed by atoms with van der Waals surface area (Å²) in [5.74, 6) is 2.44. The number of benzene rings is 1. The van der Waals surface area contributed by atoms with Gasteiger partial charge in [0.25, 0.3) is 0 Å². The molecule has 0 spiro atoms. The van der Waals surface area contributed by atoms with Crippen LogP contribution in [0.2, 0.25) is 0 Å². The molecule has 2 nitrogen and oxygen atoms in total. The molecule has 0 aliphatic carbocycles. The Balaban J connectivity index is 1.92. The minimum Gasteiger partial charge on any atom is -0.385 e. The highest BCUT2D eigenvalue weighted by molar-refractivity contribution is 7.99. The van der Waals surface area contributed by atoms with Crippen molar-refractivity contribution in [2.45, 2.75) is 20.3 Å². The summed E-state index contributed by atoms with van der Waals surface area (Å²) in [5.41, 5.74) is 3.45. The third kappa shape index (κ3) is 4.55. The Morgan fingerprint density at radius 2 is 2.26 bits per heavy atom. The van der Waals surface area contributed by atoms with Gasteiger partial charge in [-0.25, -0.2) is 4.98 Å². The van der Waals surface area contributed by atoms with E-state index in [1.54, 1.807) is 11.3 Å². The van der Waals surface area contributed by atoms with Crippen LogP contribution >= 0.6 is 23.1 Å². The van der Waals surface area contributed by atoms with Gasteiger partial charge in [-0.05, 0) is 37.0 Å². The highest BCUT2D eigenvalue weighted by Gasteiger charge is 2.02. The summed E-state index contributed by atoms with van der Waals surface area (Å²) in [6.07, 6.45) is 1.21. The zero-order valence-electron chi connectivity index (χ0n) is 11.5. The van der Waals surface area contributed by atoms with Crippen molar-refractivity contribution in [1.29, 1.82) is 0 Å². The Hall–Kier alpha value is -1.00. The molecule has 19 heavy (non-hydrogen) atoms. The second-order valence-corrected chi connectivity index (χ2v) is 6.77. The van der Waals surface area contributed by atoms with E-state index in [-0.39, 0.29) is 0 Å². The van der Waals surface area contributed by atoms with Gasteiger partial charge in [0.05, 0.1) is 10.7 Å². The van der Waals surface area contributed by atoms with E-state index in [1.165, 1.54) is 29.2 Å². The van der Waals surface area contributed by atoms with Gasteiger partial charge in [0.1, 0.15) is 0 Å². The van der Waals surface area contributed by atoms with E-state index in [0.717, 1.165) is 17.2 Å². The topological polar surface area (TPSA) is 24.9 Å². The molecule has 102 valence electrons. The summed E-state index contributed by atoms with van der Waals surface area (Å²) in [4.78, 5) is 4.53. The number of aryl methyl sites for hydroxylation is 1. The Bertz CT molecular complexity index is 508. The smallest absolute Gasteiger partial charge is 0.0901 e. The fraction of sp³-hybridized carbons (Fsp3) is 0.400. The van der Waals surface area contributed by atoms with Gasteiger partial charge in [-0.2, -0.15) is 11.8 Å². The number of anilines is 1. The molecule has 1 heterocycles. The van der Waals surface area contributed by atoms with Gasteiger partial charge >= 0.3 is 0 Å². The zero-order valence-corrected chi connectivity index (χ0v) is 13.1. The average molecular weight is 292 g/mol.